The maximum Gasteiger partial charge on any atom is 0.276 e. The van der Waals surface area contributed by atoms with Gasteiger partial charge in [0.15, 0.2) is 5.65 Å². The second kappa shape index (κ2) is 7.67. The van der Waals surface area contributed by atoms with Gasteiger partial charge in [-0.25, -0.2) is 9.50 Å². The van der Waals surface area contributed by atoms with E-state index in [0.717, 1.165) is 23.7 Å². The van der Waals surface area contributed by atoms with Crippen LogP contribution in [0.5, 0.6) is 0 Å². The lowest BCUT2D eigenvalue weighted by Crippen LogP contribution is -2.37. The summed E-state index contributed by atoms with van der Waals surface area (Å²) in [4.78, 5) is 34.0. The third-order valence-electron chi connectivity index (χ3n) is 5.22. The van der Waals surface area contributed by atoms with E-state index >= 15 is 0 Å². The predicted octanol–water partition coefficient (Wildman–Crippen LogP) is 2.27. The number of nitrogens with zero attached hydrogens (tertiary/aromatic N) is 4. The minimum atomic E-state index is -0.214. The van der Waals surface area contributed by atoms with Crippen molar-refractivity contribution in [3.8, 4) is 0 Å². The number of amides is 1. The van der Waals surface area contributed by atoms with Crippen LogP contribution >= 0.6 is 11.6 Å². The van der Waals surface area contributed by atoms with Gasteiger partial charge in [0.05, 0.1) is 17.1 Å². The lowest BCUT2D eigenvalue weighted by Gasteiger charge is -2.24. The van der Waals surface area contributed by atoms with Crippen molar-refractivity contribution in [2.24, 2.45) is 0 Å². The Morgan fingerprint density at radius 3 is 2.82 bits per heavy atom. The van der Waals surface area contributed by atoms with Gasteiger partial charge in [0.1, 0.15) is 0 Å². The summed E-state index contributed by atoms with van der Waals surface area (Å²) in [5, 5.41) is 3.56. The Balaban J connectivity index is 1.49. The van der Waals surface area contributed by atoms with Gasteiger partial charge in [-0.2, -0.15) is 0 Å². The van der Waals surface area contributed by atoms with E-state index < -0.39 is 0 Å². The van der Waals surface area contributed by atoms with Crippen LogP contribution in [0.15, 0.2) is 41.3 Å². The first kappa shape index (κ1) is 18.6. The smallest absolute Gasteiger partial charge is 0.276 e. The standard InChI is InChI=1S/C20H22ClN5O2/c1-14-15(20(28)26-18(23-14)7-8-22-26)13-19(27)25-10-4-9-24(11-12-25)17-6-3-2-5-16(17)21/h2-3,5-8,22H,4,9-13H2,1H3. The Kier molecular flexibility index (Phi) is 5.09. The number of fused-ring (bicyclic) bond motifs is 1. The fourth-order valence-electron chi connectivity index (χ4n) is 3.69. The van der Waals surface area contributed by atoms with Crippen LogP contribution in [0.3, 0.4) is 0 Å². The summed E-state index contributed by atoms with van der Waals surface area (Å²) in [6.07, 6.45) is 2.57. The fraction of sp³-hybridized carbons (Fsp3) is 0.350. The summed E-state index contributed by atoms with van der Waals surface area (Å²) in [7, 11) is 0. The first-order valence-corrected chi connectivity index (χ1v) is 9.75. The SMILES string of the molecule is Cc1nc2cc[nH]n2c(=O)c1CC(=O)N1CCCN(c2ccccc2Cl)CC1. The van der Waals surface area contributed by atoms with Gasteiger partial charge in [-0.1, -0.05) is 23.7 Å². The van der Waals surface area contributed by atoms with Crippen LogP contribution in [-0.4, -0.2) is 51.6 Å². The molecule has 0 bridgehead atoms. The van der Waals surface area contributed by atoms with Crippen LogP contribution < -0.4 is 10.5 Å². The number of carbonyl (C=O) groups is 1. The molecular weight excluding hydrogens is 378 g/mol. The first-order valence-electron chi connectivity index (χ1n) is 9.37. The lowest BCUT2D eigenvalue weighted by atomic mass is 10.1. The third kappa shape index (κ3) is 3.49. The lowest BCUT2D eigenvalue weighted by molar-refractivity contribution is -0.130. The molecule has 1 saturated heterocycles. The summed E-state index contributed by atoms with van der Waals surface area (Å²) < 4.78 is 1.37. The second-order valence-corrected chi connectivity index (χ2v) is 7.39. The van der Waals surface area contributed by atoms with E-state index in [-0.39, 0.29) is 17.9 Å². The predicted molar refractivity (Wildman–Crippen MR) is 109 cm³/mol. The molecule has 0 unspecified atom stereocenters. The first-order chi connectivity index (χ1) is 13.5. The number of aryl methyl sites for hydroxylation is 1. The minimum absolute atomic E-state index is 0.0467. The number of aromatic nitrogens is 3. The molecule has 1 fully saturated rings. The van der Waals surface area contributed by atoms with E-state index in [0.29, 0.717) is 36.5 Å². The summed E-state index contributed by atoms with van der Waals surface area (Å²) >= 11 is 6.32. The number of aromatic amines is 1. The Hall–Kier alpha value is -2.80. The second-order valence-electron chi connectivity index (χ2n) is 6.99. The van der Waals surface area contributed by atoms with Crippen molar-refractivity contribution in [1.29, 1.82) is 0 Å². The quantitative estimate of drug-likeness (QED) is 0.733. The van der Waals surface area contributed by atoms with Crippen LogP contribution in [0, 0.1) is 6.92 Å². The number of anilines is 1. The van der Waals surface area contributed by atoms with Crippen LogP contribution in [-0.2, 0) is 11.2 Å². The molecule has 1 N–H and O–H groups in total. The van der Waals surface area contributed by atoms with Crippen LogP contribution in [0.4, 0.5) is 5.69 Å². The maximum absolute atomic E-state index is 12.9. The number of carbonyl (C=O) groups excluding carboxylic acids is 1. The van der Waals surface area contributed by atoms with E-state index in [1.807, 2.05) is 29.2 Å². The van der Waals surface area contributed by atoms with Gasteiger partial charge in [-0.05, 0) is 25.5 Å². The number of rotatable bonds is 3. The molecule has 1 aliphatic heterocycles. The fourth-order valence-corrected chi connectivity index (χ4v) is 3.94. The number of nitrogens with one attached hydrogen (secondary N) is 1. The summed E-state index contributed by atoms with van der Waals surface area (Å²) in [6.45, 7) is 4.59. The highest BCUT2D eigenvalue weighted by molar-refractivity contribution is 6.33. The molecule has 1 aromatic carbocycles. The largest absolute Gasteiger partial charge is 0.368 e. The molecule has 0 radical (unpaired) electrons. The highest BCUT2D eigenvalue weighted by Gasteiger charge is 2.22. The van der Waals surface area contributed by atoms with Gasteiger partial charge >= 0.3 is 0 Å². The van der Waals surface area contributed by atoms with Crippen LogP contribution in [0.1, 0.15) is 17.7 Å². The molecule has 28 heavy (non-hydrogen) atoms. The van der Waals surface area contributed by atoms with Crippen molar-refractivity contribution < 1.29 is 4.79 Å². The van der Waals surface area contributed by atoms with Gasteiger partial charge in [0, 0.05) is 49.7 Å². The topological polar surface area (TPSA) is 73.7 Å². The summed E-state index contributed by atoms with van der Waals surface area (Å²) in [5.74, 6) is -0.0467. The molecule has 7 nitrogen and oxygen atoms in total. The number of para-hydroxylation sites is 1. The molecule has 1 amide bonds. The molecule has 146 valence electrons. The van der Waals surface area contributed by atoms with Crippen molar-refractivity contribution in [2.75, 3.05) is 31.1 Å². The molecule has 0 aliphatic carbocycles. The zero-order valence-electron chi connectivity index (χ0n) is 15.7. The van der Waals surface area contributed by atoms with Gasteiger partial charge in [-0.3, -0.25) is 14.7 Å². The van der Waals surface area contributed by atoms with Crippen LogP contribution in [0.2, 0.25) is 5.02 Å². The normalized spacial score (nSPS) is 15.1. The summed E-state index contributed by atoms with van der Waals surface area (Å²) in [6, 6.07) is 9.49. The van der Waals surface area contributed by atoms with E-state index in [1.165, 1.54) is 4.52 Å². The van der Waals surface area contributed by atoms with Crippen molar-refractivity contribution in [3.63, 3.8) is 0 Å². The molecule has 3 aromatic rings. The van der Waals surface area contributed by atoms with E-state index in [1.54, 1.807) is 19.2 Å². The van der Waals surface area contributed by atoms with Gasteiger partial charge < -0.3 is 9.80 Å². The van der Waals surface area contributed by atoms with Crippen molar-refractivity contribution in [1.82, 2.24) is 19.5 Å². The number of hydrogen-bond acceptors (Lipinski definition) is 4. The van der Waals surface area contributed by atoms with Gasteiger partial charge in [-0.15, -0.1) is 0 Å². The highest BCUT2D eigenvalue weighted by Crippen LogP contribution is 2.26. The molecule has 0 spiro atoms. The van der Waals surface area contributed by atoms with E-state index in [4.69, 9.17) is 11.6 Å². The zero-order valence-corrected chi connectivity index (χ0v) is 16.4. The molecule has 2 aromatic heterocycles. The number of benzene rings is 1. The van der Waals surface area contributed by atoms with Crippen molar-refractivity contribution in [3.05, 3.63) is 63.2 Å². The van der Waals surface area contributed by atoms with E-state index in [9.17, 15) is 9.59 Å². The number of halogens is 1. The molecule has 1 aliphatic rings. The molecule has 0 saturated carbocycles. The molecule has 3 heterocycles. The minimum Gasteiger partial charge on any atom is -0.368 e. The molecule has 4 rings (SSSR count). The van der Waals surface area contributed by atoms with Gasteiger partial charge in [0.2, 0.25) is 5.91 Å². The Morgan fingerprint density at radius 2 is 2.00 bits per heavy atom. The van der Waals surface area contributed by atoms with Crippen molar-refractivity contribution >= 4 is 28.8 Å². The monoisotopic (exact) mass is 399 g/mol. The van der Waals surface area contributed by atoms with E-state index in [2.05, 4.69) is 15.0 Å². The molecule has 8 heteroatoms. The average Bonchev–Trinajstić information content (AvgIpc) is 3.01. The average molecular weight is 400 g/mol. The molecular formula is C20H22ClN5O2. The van der Waals surface area contributed by atoms with Crippen LogP contribution in [0.25, 0.3) is 5.65 Å². The molecule has 0 atom stereocenters. The Labute approximate surface area is 167 Å². The number of hydrogen-bond donors (Lipinski definition) is 1. The zero-order chi connectivity index (χ0) is 19.7. The third-order valence-corrected chi connectivity index (χ3v) is 5.53. The van der Waals surface area contributed by atoms with Gasteiger partial charge in [0.25, 0.3) is 5.56 Å². The highest BCUT2D eigenvalue weighted by atomic mass is 35.5. The number of H-pyrrole nitrogens is 1. The summed E-state index contributed by atoms with van der Waals surface area (Å²) in [5.41, 5.74) is 2.38. The maximum atomic E-state index is 12.9. The Bertz CT molecular complexity index is 1070. The Morgan fingerprint density at radius 1 is 1.18 bits per heavy atom. The van der Waals surface area contributed by atoms with Crippen molar-refractivity contribution in [2.45, 2.75) is 19.8 Å².